The van der Waals surface area contributed by atoms with Crippen molar-refractivity contribution in [2.45, 2.75) is 33.2 Å². The highest BCUT2D eigenvalue weighted by molar-refractivity contribution is 5.39. The van der Waals surface area contributed by atoms with E-state index in [1.807, 2.05) is 6.20 Å². The Hall–Kier alpha value is -1.09. The molecule has 1 heterocycles. The maximum Gasteiger partial charge on any atom is 0.128 e. The summed E-state index contributed by atoms with van der Waals surface area (Å²) in [5.41, 5.74) is 7.05. The maximum absolute atomic E-state index is 5.93. The fourth-order valence-electron chi connectivity index (χ4n) is 1.59. The van der Waals surface area contributed by atoms with Gasteiger partial charge >= 0.3 is 0 Å². The first-order valence-electron chi connectivity index (χ1n) is 5.69. The minimum Gasteiger partial charge on any atom is -0.357 e. The van der Waals surface area contributed by atoms with Gasteiger partial charge in [0.2, 0.25) is 0 Å². The molecule has 0 saturated heterocycles. The molecule has 0 unspecified atom stereocenters. The van der Waals surface area contributed by atoms with E-state index in [0.717, 1.165) is 30.9 Å². The molecule has 0 amide bonds. The monoisotopic (exact) mass is 207 g/mol. The molecular formula is C12H21N3. The van der Waals surface area contributed by atoms with E-state index in [1.165, 1.54) is 0 Å². The maximum atomic E-state index is 5.93. The minimum atomic E-state index is 0.114. The first-order valence-corrected chi connectivity index (χ1v) is 5.69. The minimum absolute atomic E-state index is 0.114. The van der Waals surface area contributed by atoms with Crippen LogP contribution < -0.4 is 10.6 Å². The Kier molecular flexibility index (Phi) is 4.56. The average Bonchev–Trinajstić information content (AvgIpc) is 2.30. The van der Waals surface area contributed by atoms with E-state index in [4.69, 9.17) is 5.73 Å². The summed E-state index contributed by atoms with van der Waals surface area (Å²) in [5.74, 6) is 1.03. The molecular weight excluding hydrogens is 186 g/mol. The topological polar surface area (TPSA) is 42.1 Å². The lowest BCUT2D eigenvalue weighted by molar-refractivity contribution is 0.694. The molecule has 0 aliphatic carbocycles. The van der Waals surface area contributed by atoms with E-state index >= 15 is 0 Å². The molecule has 15 heavy (non-hydrogen) atoms. The van der Waals surface area contributed by atoms with E-state index in [1.54, 1.807) is 0 Å². The number of anilines is 1. The first-order chi connectivity index (χ1) is 7.22. The second-order valence-electron chi connectivity index (χ2n) is 3.64. The quantitative estimate of drug-likeness (QED) is 0.805. The summed E-state index contributed by atoms with van der Waals surface area (Å²) in [7, 11) is 0. The van der Waals surface area contributed by atoms with Gasteiger partial charge in [-0.15, -0.1) is 0 Å². The predicted octanol–water partition coefficient (Wildman–Crippen LogP) is 2.34. The van der Waals surface area contributed by atoms with Crippen molar-refractivity contribution in [1.82, 2.24) is 4.98 Å². The summed E-state index contributed by atoms with van der Waals surface area (Å²) in [4.78, 5) is 6.66. The van der Waals surface area contributed by atoms with Crippen LogP contribution in [-0.4, -0.2) is 18.1 Å². The van der Waals surface area contributed by atoms with E-state index in [-0.39, 0.29) is 6.04 Å². The first kappa shape index (κ1) is 12.0. The van der Waals surface area contributed by atoms with Gasteiger partial charge in [0.15, 0.2) is 0 Å². The van der Waals surface area contributed by atoms with Crippen molar-refractivity contribution in [1.29, 1.82) is 0 Å². The average molecular weight is 207 g/mol. The molecule has 0 aromatic carbocycles. The van der Waals surface area contributed by atoms with Gasteiger partial charge in [-0.1, -0.05) is 13.0 Å². The fourth-order valence-corrected chi connectivity index (χ4v) is 1.59. The fraction of sp³-hybridized carbons (Fsp3) is 0.583. The molecule has 1 aromatic rings. The van der Waals surface area contributed by atoms with Gasteiger partial charge < -0.3 is 10.6 Å². The zero-order valence-corrected chi connectivity index (χ0v) is 9.90. The highest BCUT2D eigenvalue weighted by Crippen LogP contribution is 2.16. The van der Waals surface area contributed by atoms with Crippen LogP contribution in [0.15, 0.2) is 18.3 Å². The second kappa shape index (κ2) is 5.71. The molecule has 3 heteroatoms. The number of hydrogen-bond acceptors (Lipinski definition) is 3. The van der Waals surface area contributed by atoms with Crippen LogP contribution in [0.4, 0.5) is 5.82 Å². The number of nitrogens with zero attached hydrogens (tertiary/aromatic N) is 2. The zero-order valence-electron chi connectivity index (χ0n) is 9.90. The van der Waals surface area contributed by atoms with E-state index in [2.05, 4.69) is 42.8 Å². The Morgan fingerprint density at radius 2 is 1.93 bits per heavy atom. The summed E-state index contributed by atoms with van der Waals surface area (Å²) in [5, 5.41) is 0. The summed E-state index contributed by atoms with van der Waals surface area (Å²) in [6, 6.07) is 4.25. The predicted molar refractivity (Wildman–Crippen MR) is 65.0 cm³/mol. The molecule has 0 bridgehead atoms. The van der Waals surface area contributed by atoms with Crippen molar-refractivity contribution >= 4 is 5.82 Å². The molecule has 0 radical (unpaired) electrons. The molecule has 0 saturated carbocycles. The lowest BCUT2D eigenvalue weighted by atomic mass is 10.1. The SMILES string of the molecule is CC[C@@H](N)c1ccc(N(CC)CC)nc1. The van der Waals surface area contributed by atoms with Crippen LogP contribution >= 0.6 is 0 Å². The smallest absolute Gasteiger partial charge is 0.128 e. The van der Waals surface area contributed by atoms with Crippen molar-refractivity contribution < 1.29 is 0 Å². The summed E-state index contributed by atoms with van der Waals surface area (Å²) >= 11 is 0. The Labute approximate surface area is 92.3 Å². The van der Waals surface area contributed by atoms with Crippen LogP contribution in [0.2, 0.25) is 0 Å². The number of aromatic nitrogens is 1. The Morgan fingerprint density at radius 1 is 1.27 bits per heavy atom. The highest BCUT2D eigenvalue weighted by atomic mass is 15.2. The van der Waals surface area contributed by atoms with Crippen LogP contribution in [0.1, 0.15) is 38.8 Å². The van der Waals surface area contributed by atoms with Gasteiger partial charge in [-0.25, -0.2) is 4.98 Å². The molecule has 2 N–H and O–H groups in total. The van der Waals surface area contributed by atoms with Gasteiger partial charge in [0.1, 0.15) is 5.82 Å². The molecule has 1 rings (SSSR count). The Balaban J connectivity index is 2.79. The summed E-state index contributed by atoms with van der Waals surface area (Å²) in [6.07, 6.45) is 2.84. The molecule has 0 spiro atoms. The largest absolute Gasteiger partial charge is 0.357 e. The Bertz CT molecular complexity index is 277. The van der Waals surface area contributed by atoms with Gasteiger partial charge in [0.05, 0.1) is 0 Å². The summed E-state index contributed by atoms with van der Waals surface area (Å²) < 4.78 is 0. The molecule has 0 aliphatic heterocycles. The molecule has 0 aliphatic rings. The van der Waals surface area contributed by atoms with E-state index in [0.29, 0.717) is 0 Å². The molecule has 1 aromatic heterocycles. The van der Waals surface area contributed by atoms with E-state index in [9.17, 15) is 0 Å². The van der Waals surface area contributed by atoms with Crippen molar-refractivity contribution in [2.75, 3.05) is 18.0 Å². The lowest BCUT2D eigenvalue weighted by Gasteiger charge is -2.20. The number of hydrogen-bond donors (Lipinski definition) is 1. The molecule has 84 valence electrons. The van der Waals surface area contributed by atoms with Crippen molar-refractivity contribution in [3.8, 4) is 0 Å². The normalized spacial score (nSPS) is 12.5. The third kappa shape index (κ3) is 2.93. The van der Waals surface area contributed by atoms with Crippen LogP contribution in [0, 0.1) is 0 Å². The third-order valence-corrected chi connectivity index (χ3v) is 2.73. The van der Waals surface area contributed by atoms with Gasteiger partial charge in [-0.2, -0.15) is 0 Å². The second-order valence-corrected chi connectivity index (χ2v) is 3.64. The van der Waals surface area contributed by atoms with Crippen LogP contribution in [-0.2, 0) is 0 Å². The highest BCUT2D eigenvalue weighted by Gasteiger charge is 2.06. The summed E-state index contributed by atoms with van der Waals surface area (Å²) in [6.45, 7) is 8.34. The third-order valence-electron chi connectivity index (χ3n) is 2.73. The van der Waals surface area contributed by atoms with Crippen molar-refractivity contribution in [3.05, 3.63) is 23.9 Å². The van der Waals surface area contributed by atoms with Gasteiger partial charge in [-0.05, 0) is 31.9 Å². The van der Waals surface area contributed by atoms with Crippen molar-refractivity contribution in [2.24, 2.45) is 5.73 Å². The van der Waals surface area contributed by atoms with E-state index < -0.39 is 0 Å². The molecule has 1 atom stereocenters. The van der Waals surface area contributed by atoms with Gasteiger partial charge in [0, 0.05) is 25.3 Å². The van der Waals surface area contributed by atoms with Crippen molar-refractivity contribution in [3.63, 3.8) is 0 Å². The number of rotatable bonds is 5. The number of pyridine rings is 1. The zero-order chi connectivity index (χ0) is 11.3. The molecule has 0 fully saturated rings. The molecule has 3 nitrogen and oxygen atoms in total. The lowest BCUT2D eigenvalue weighted by Crippen LogP contribution is -2.23. The Morgan fingerprint density at radius 3 is 2.33 bits per heavy atom. The van der Waals surface area contributed by atoms with Crippen LogP contribution in [0.25, 0.3) is 0 Å². The standard InChI is InChI=1S/C12H21N3/c1-4-11(13)10-7-8-12(14-9-10)15(5-2)6-3/h7-9,11H,4-6,13H2,1-3H3/t11-/m1/s1. The van der Waals surface area contributed by atoms with Crippen LogP contribution in [0.5, 0.6) is 0 Å². The van der Waals surface area contributed by atoms with Gasteiger partial charge in [0.25, 0.3) is 0 Å². The van der Waals surface area contributed by atoms with Gasteiger partial charge in [-0.3, -0.25) is 0 Å². The van der Waals surface area contributed by atoms with Crippen LogP contribution in [0.3, 0.4) is 0 Å². The number of nitrogens with two attached hydrogens (primary N) is 1.